The van der Waals surface area contributed by atoms with Crippen molar-refractivity contribution < 1.29 is 9.53 Å². The van der Waals surface area contributed by atoms with Crippen LogP contribution in [-0.2, 0) is 11.2 Å². The summed E-state index contributed by atoms with van der Waals surface area (Å²) in [6.07, 6.45) is 1.37. The van der Waals surface area contributed by atoms with Gasteiger partial charge in [-0.25, -0.2) is 0 Å². The Morgan fingerprint density at radius 1 is 1.40 bits per heavy atom. The van der Waals surface area contributed by atoms with Crippen molar-refractivity contribution in [3.05, 3.63) is 23.8 Å². The Kier molecular flexibility index (Phi) is 3.11. The third kappa shape index (κ3) is 2.42. The highest BCUT2D eigenvalue weighted by molar-refractivity contribution is 6.18. The van der Waals surface area contributed by atoms with E-state index in [1.54, 1.807) is 0 Å². The number of rotatable bonds is 3. The van der Waals surface area contributed by atoms with Crippen molar-refractivity contribution in [2.24, 2.45) is 0 Å². The van der Waals surface area contributed by atoms with Crippen molar-refractivity contribution in [3.63, 3.8) is 0 Å². The molecule has 4 heteroatoms. The number of anilines is 1. The number of hydrogen-bond acceptors (Lipinski definition) is 2. The fraction of sp³-hybridized carbons (Fsp3) is 0.364. The van der Waals surface area contributed by atoms with E-state index in [-0.39, 0.29) is 5.91 Å². The van der Waals surface area contributed by atoms with Crippen LogP contribution in [0.3, 0.4) is 0 Å². The number of nitrogens with one attached hydrogen (secondary N) is 1. The van der Waals surface area contributed by atoms with Gasteiger partial charge in [0.2, 0.25) is 5.91 Å². The Hall–Kier alpha value is -1.22. The molecule has 0 saturated heterocycles. The molecule has 15 heavy (non-hydrogen) atoms. The minimum absolute atomic E-state index is 0.0667. The van der Waals surface area contributed by atoms with Crippen LogP contribution in [0.4, 0.5) is 5.69 Å². The molecule has 2 rings (SSSR count). The molecule has 0 aliphatic carbocycles. The van der Waals surface area contributed by atoms with E-state index in [4.69, 9.17) is 16.3 Å². The van der Waals surface area contributed by atoms with E-state index in [2.05, 4.69) is 5.32 Å². The fourth-order valence-electron chi connectivity index (χ4n) is 1.60. The first-order valence-corrected chi connectivity index (χ1v) is 5.44. The molecule has 1 N–H and O–H groups in total. The monoisotopic (exact) mass is 225 g/mol. The molecule has 0 fully saturated rings. The lowest BCUT2D eigenvalue weighted by atomic mass is 10.0. The van der Waals surface area contributed by atoms with Gasteiger partial charge in [0.1, 0.15) is 12.4 Å². The highest BCUT2D eigenvalue weighted by Gasteiger charge is 2.14. The summed E-state index contributed by atoms with van der Waals surface area (Å²) < 4.78 is 5.37. The predicted octanol–water partition coefficient (Wildman–Crippen LogP) is 2.19. The van der Waals surface area contributed by atoms with Crippen molar-refractivity contribution in [3.8, 4) is 5.75 Å². The third-order valence-electron chi connectivity index (χ3n) is 2.32. The molecule has 0 spiro atoms. The van der Waals surface area contributed by atoms with Crippen LogP contribution in [0, 0.1) is 0 Å². The Bertz CT molecular complexity index is 379. The predicted molar refractivity (Wildman–Crippen MR) is 59.6 cm³/mol. The Morgan fingerprint density at radius 2 is 2.27 bits per heavy atom. The van der Waals surface area contributed by atoms with Crippen LogP contribution in [0.15, 0.2) is 18.2 Å². The molecule has 3 nitrogen and oxygen atoms in total. The number of carbonyl (C=O) groups is 1. The van der Waals surface area contributed by atoms with Gasteiger partial charge in [-0.05, 0) is 18.1 Å². The van der Waals surface area contributed by atoms with Gasteiger partial charge in [0.05, 0.1) is 5.88 Å². The molecule has 1 aliphatic rings. The molecular formula is C11H12ClNO2. The number of fused-ring (bicyclic) bond motifs is 1. The highest BCUT2D eigenvalue weighted by Crippen LogP contribution is 2.26. The Labute approximate surface area is 93.4 Å². The molecule has 80 valence electrons. The smallest absolute Gasteiger partial charge is 0.224 e. The van der Waals surface area contributed by atoms with E-state index < -0.39 is 0 Å². The molecule has 1 amide bonds. The van der Waals surface area contributed by atoms with Gasteiger partial charge >= 0.3 is 0 Å². The number of carbonyl (C=O) groups excluding carboxylic acids is 1. The van der Waals surface area contributed by atoms with Gasteiger partial charge in [-0.3, -0.25) is 4.79 Å². The van der Waals surface area contributed by atoms with Crippen LogP contribution < -0.4 is 10.1 Å². The van der Waals surface area contributed by atoms with Crippen LogP contribution in [-0.4, -0.2) is 18.4 Å². The van der Waals surface area contributed by atoms with Crippen molar-refractivity contribution >= 4 is 23.2 Å². The summed E-state index contributed by atoms with van der Waals surface area (Å²) in [6, 6.07) is 5.74. The summed E-state index contributed by atoms with van der Waals surface area (Å²) in [5.74, 6) is 1.28. The summed E-state index contributed by atoms with van der Waals surface area (Å²) in [6.45, 7) is 0.480. The Morgan fingerprint density at radius 3 is 3.07 bits per heavy atom. The minimum Gasteiger partial charge on any atom is -0.492 e. The van der Waals surface area contributed by atoms with E-state index in [0.717, 1.165) is 23.4 Å². The number of ether oxygens (including phenoxy) is 1. The molecule has 1 aliphatic heterocycles. The second kappa shape index (κ2) is 4.53. The van der Waals surface area contributed by atoms with E-state index in [9.17, 15) is 4.79 Å². The largest absolute Gasteiger partial charge is 0.492 e. The van der Waals surface area contributed by atoms with Gasteiger partial charge < -0.3 is 10.1 Å². The zero-order valence-electron chi connectivity index (χ0n) is 8.25. The standard InChI is InChI=1S/C11H12ClNO2/c12-5-6-15-9-3-1-8-2-4-11(14)13-10(8)7-9/h1,3,7H,2,4-6H2,(H,13,14). The lowest BCUT2D eigenvalue weighted by molar-refractivity contribution is -0.116. The molecule has 0 atom stereocenters. The molecule has 0 bridgehead atoms. The van der Waals surface area contributed by atoms with Crippen molar-refractivity contribution in [1.82, 2.24) is 0 Å². The van der Waals surface area contributed by atoms with Gasteiger partial charge in [0.25, 0.3) is 0 Å². The number of alkyl halides is 1. The molecule has 1 aromatic rings. The molecule has 1 aromatic carbocycles. The zero-order valence-corrected chi connectivity index (χ0v) is 9.01. The molecule has 0 unspecified atom stereocenters. The van der Waals surface area contributed by atoms with E-state index in [0.29, 0.717) is 18.9 Å². The number of aryl methyl sites for hydroxylation is 1. The average molecular weight is 226 g/mol. The van der Waals surface area contributed by atoms with Gasteiger partial charge in [-0.15, -0.1) is 11.6 Å². The highest BCUT2D eigenvalue weighted by atomic mass is 35.5. The number of amides is 1. The van der Waals surface area contributed by atoms with Crippen molar-refractivity contribution in [1.29, 1.82) is 0 Å². The summed E-state index contributed by atoms with van der Waals surface area (Å²) in [7, 11) is 0. The first-order valence-electron chi connectivity index (χ1n) is 4.91. The first-order chi connectivity index (χ1) is 7.29. The SMILES string of the molecule is O=C1CCc2ccc(OCCCl)cc2N1. The Balaban J connectivity index is 2.17. The van der Waals surface area contributed by atoms with Gasteiger partial charge in [0, 0.05) is 18.2 Å². The molecular weight excluding hydrogens is 214 g/mol. The van der Waals surface area contributed by atoms with E-state index >= 15 is 0 Å². The van der Waals surface area contributed by atoms with Crippen LogP contribution in [0.1, 0.15) is 12.0 Å². The maximum Gasteiger partial charge on any atom is 0.224 e. The minimum atomic E-state index is 0.0667. The lowest BCUT2D eigenvalue weighted by Crippen LogP contribution is -2.18. The first kappa shape index (κ1) is 10.3. The summed E-state index contributed by atoms with van der Waals surface area (Å²) in [4.78, 5) is 11.2. The lowest BCUT2D eigenvalue weighted by Gasteiger charge is -2.17. The zero-order chi connectivity index (χ0) is 10.7. The summed E-state index contributed by atoms with van der Waals surface area (Å²) in [5.41, 5.74) is 2.02. The third-order valence-corrected chi connectivity index (χ3v) is 2.48. The topological polar surface area (TPSA) is 38.3 Å². The number of benzene rings is 1. The second-order valence-electron chi connectivity index (χ2n) is 3.40. The maximum absolute atomic E-state index is 11.2. The van der Waals surface area contributed by atoms with Gasteiger partial charge in [-0.2, -0.15) is 0 Å². The number of hydrogen-bond donors (Lipinski definition) is 1. The van der Waals surface area contributed by atoms with E-state index in [1.165, 1.54) is 0 Å². The molecule has 0 saturated carbocycles. The van der Waals surface area contributed by atoms with Crippen LogP contribution in [0.2, 0.25) is 0 Å². The summed E-state index contributed by atoms with van der Waals surface area (Å²) >= 11 is 5.52. The second-order valence-corrected chi connectivity index (χ2v) is 3.78. The molecule has 0 aromatic heterocycles. The average Bonchev–Trinajstić information content (AvgIpc) is 2.25. The molecule has 1 heterocycles. The normalized spacial score (nSPS) is 14.3. The summed E-state index contributed by atoms with van der Waals surface area (Å²) in [5, 5.41) is 2.82. The van der Waals surface area contributed by atoms with Gasteiger partial charge in [0.15, 0.2) is 0 Å². The van der Waals surface area contributed by atoms with Crippen LogP contribution >= 0.6 is 11.6 Å². The van der Waals surface area contributed by atoms with Gasteiger partial charge in [-0.1, -0.05) is 6.07 Å². The van der Waals surface area contributed by atoms with Crippen LogP contribution in [0.25, 0.3) is 0 Å². The quantitative estimate of drug-likeness (QED) is 0.801. The van der Waals surface area contributed by atoms with Crippen LogP contribution in [0.5, 0.6) is 5.75 Å². The fourth-order valence-corrected chi connectivity index (χ4v) is 1.67. The van der Waals surface area contributed by atoms with E-state index in [1.807, 2.05) is 18.2 Å². The molecule has 0 radical (unpaired) electrons. The van der Waals surface area contributed by atoms with Crippen molar-refractivity contribution in [2.45, 2.75) is 12.8 Å². The number of halogens is 1. The van der Waals surface area contributed by atoms with Crippen molar-refractivity contribution in [2.75, 3.05) is 17.8 Å². The maximum atomic E-state index is 11.2.